The Balaban J connectivity index is 1.54. The van der Waals surface area contributed by atoms with E-state index >= 15 is 0 Å². The molecule has 2 fully saturated rings. The molecule has 4 heterocycles. The third-order valence-corrected chi connectivity index (χ3v) is 5.22. The maximum absolute atomic E-state index is 12.6. The Hall–Kier alpha value is -2.08. The number of likely N-dealkylation sites (N-methyl/N-ethyl adjacent to an activating group) is 1. The lowest BCUT2D eigenvalue weighted by molar-refractivity contribution is -0.000174. The van der Waals surface area contributed by atoms with E-state index in [4.69, 9.17) is 4.42 Å². The zero-order valence-electron chi connectivity index (χ0n) is 13.8. The van der Waals surface area contributed by atoms with Gasteiger partial charge in [0.1, 0.15) is 11.5 Å². The number of oxazole rings is 1. The summed E-state index contributed by atoms with van der Waals surface area (Å²) in [7, 11) is 4.03. The summed E-state index contributed by atoms with van der Waals surface area (Å²) in [4.78, 5) is 21.3. The van der Waals surface area contributed by atoms with Crippen molar-refractivity contribution in [3.63, 3.8) is 0 Å². The minimum atomic E-state index is 0.0763. The van der Waals surface area contributed by atoms with Gasteiger partial charge in [0.2, 0.25) is 0 Å². The maximum atomic E-state index is 12.6. The van der Waals surface area contributed by atoms with Crippen molar-refractivity contribution in [3.05, 3.63) is 41.9 Å². The van der Waals surface area contributed by atoms with Crippen LogP contribution in [0.4, 0.5) is 0 Å². The van der Waals surface area contributed by atoms with Crippen molar-refractivity contribution < 1.29 is 9.21 Å². The van der Waals surface area contributed by atoms with E-state index in [0.29, 0.717) is 0 Å². The minimum absolute atomic E-state index is 0.0763. The van der Waals surface area contributed by atoms with Gasteiger partial charge in [0.05, 0.1) is 12.1 Å². The molecule has 2 aliphatic rings. The zero-order valence-corrected chi connectivity index (χ0v) is 13.8. The Morgan fingerprint density at radius 1 is 1.35 bits per heavy atom. The number of aryl methyl sites for hydroxylation is 2. The topological polar surface area (TPSA) is 54.5 Å². The van der Waals surface area contributed by atoms with Gasteiger partial charge in [0.15, 0.2) is 5.89 Å². The average molecular weight is 314 g/mol. The Morgan fingerprint density at radius 2 is 2.13 bits per heavy atom. The van der Waals surface area contributed by atoms with Gasteiger partial charge in [-0.2, -0.15) is 0 Å². The second-order valence-electron chi connectivity index (χ2n) is 7.09. The number of carbonyl (C=O) groups is 1. The number of rotatable bonds is 2. The van der Waals surface area contributed by atoms with Crippen LogP contribution in [0.1, 0.15) is 28.1 Å². The van der Waals surface area contributed by atoms with E-state index in [2.05, 4.69) is 16.9 Å². The van der Waals surface area contributed by atoms with Gasteiger partial charge in [0.25, 0.3) is 5.91 Å². The quantitative estimate of drug-likeness (QED) is 0.843. The van der Waals surface area contributed by atoms with Crippen LogP contribution in [0.5, 0.6) is 0 Å². The molecule has 0 aromatic carbocycles. The minimum Gasteiger partial charge on any atom is -0.446 e. The Kier molecular flexibility index (Phi) is 3.13. The van der Waals surface area contributed by atoms with Crippen molar-refractivity contribution in [3.8, 4) is 0 Å². The first-order chi connectivity index (χ1) is 11.0. The predicted molar refractivity (Wildman–Crippen MR) is 85.2 cm³/mol. The van der Waals surface area contributed by atoms with E-state index in [0.717, 1.165) is 43.5 Å². The summed E-state index contributed by atoms with van der Waals surface area (Å²) in [5, 5.41) is 0. The fourth-order valence-corrected chi connectivity index (χ4v) is 4.11. The molecule has 6 nitrogen and oxygen atoms in total. The van der Waals surface area contributed by atoms with Crippen LogP contribution in [0.25, 0.3) is 0 Å². The molecule has 0 bridgehead atoms. The van der Waals surface area contributed by atoms with E-state index < -0.39 is 0 Å². The highest BCUT2D eigenvalue weighted by Gasteiger charge is 2.56. The van der Waals surface area contributed by atoms with Crippen molar-refractivity contribution in [2.75, 3.05) is 33.2 Å². The molecule has 2 saturated heterocycles. The molecular formula is C17H22N4O2. The smallest absolute Gasteiger partial charge is 0.270 e. The van der Waals surface area contributed by atoms with Gasteiger partial charge in [-0.1, -0.05) is 0 Å². The van der Waals surface area contributed by atoms with Crippen LogP contribution < -0.4 is 0 Å². The van der Waals surface area contributed by atoms with E-state index in [1.807, 2.05) is 41.8 Å². The summed E-state index contributed by atoms with van der Waals surface area (Å²) >= 11 is 0. The number of nitrogens with zero attached hydrogens (tertiary/aromatic N) is 4. The monoisotopic (exact) mass is 314 g/mol. The van der Waals surface area contributed by atoms with Crippen LogP contribution >= 0.6 is 0 Å². The molecule has 4 rings (SSSR count). The molecule has 2 aromatic rings. The van der Waals surface area contributed by atoms with Crippen LogP contribution in [-0.4, -0.2) is 58.5 Å². The molecule has 0 radical (unpaired) electrons. The average Bonchev–Trinajstić information content (AvgIpc) is 3.15. The predicted octanol–water partition coefficient (Wildman–Crippen LogP) is 1.49. The van der Waals surface area contributed by atoms with E-state index in [-0.39, 0.29) is 17.2 Å². The summed E-state index contributed by atoms with van der Waals surface area (Å²) in [6.45, 7) is 5.39. The lowest BCUT2D eigenvalue weighted by Crippen LogP contribution is -2.61. The van der Waals surface area contributed by atoms with E-state index in [1.54, 1.807) is 6.20 Å². The lowest BCUT2D eigenvalue weighted by Gasteiger charge is -2.50. The third-order valence-electron chi connectivity index (χ3n) is 5.22. The molecule has 23 heavy (non-hydrogen) atoms. The normalized spacial score (nSPS) is 23.4. The second kappa shape index (κ2) is 4.96. The molecule has 2 aromatic heterocycles. The summed E-state index contributed by atoms with van der Waals surface area (Å²) < 4.78 is 7.67. The molecular weight excluding hydrogens is 292 g/mol. The van der Waals surface area contributed by atoms with Crippen molar-refractivity contribution in [2.45, 2.75) is 12.8 Å². The molecule has 1 atom stereocenters. The van der Waals surface area contributed by atoms with Gasteiger partial charge in [-0.15, -0.1) is 0 Å². The van der Waals surface area contributed by atoms with Crippen molar-refractivity contribution >= 4 is 5.91 Å². The summed E-state index contributed by atoms with van der Waals surface area (Å²) in [6.07, 6.45) is 3.69. The van der Waals surface area contributed by atoms with Crippen molar-refractivity contribution in [1.29, 1.82) is 0 Å². The number of hydrogen-bond acceptors (Lipinski definition) is 4. The first-order valence-corrected chi connectivity index (χ1v) is 8.00. The lowest BCUT2D eigenvalue weighted by atomic mass is 9.71. The van der Waals surface area contributed by atoms with Crippen molar-refractivity contribution in [2.24, 2.45) is 12.5 Å². The first-order valence-electron chi connectivity index (χ1n) is 8.00. The Bertz CT molecular complexity index is 741. The fraction of sp³-hybridized carbons (Fsp3) is 0.529. The second-order valence-corrected chi connectivity index (χ2v) is 7.09. The Labute approximate surface area is 135 Å². The number of aromatic nitrogens is 2. The number of likely N-dealkylation sites (tertiary alicyclic amines) is 2. The molecule has 1 spiro atoms. The SMILES string of the molecule is Cc1cnc(C2CN(C)CC23CN(C(=O)c2cccn2C)C3)o1. The summed E-state index contributed by atoms with van der Waals surface area (Å²) in [6, 6.07) is 3.79. The zero-order chi connectivity index (χ0) is 16.2. The molecule has 0 aliphatic carbocycles. The van der Waals surface area contributed by atoms with Gasteiger partial charge < -0.3 is 18.8 Å². The molecule has 0 saturated carbocycles. The van der Waals surface area contributed by atoms with Crippen molar-refractivity contribution in [1.82, 2.24) is 19.4 Å². The van der Waals surface area contributed by atoms with Crippen LogP contribution in [-0.2, 0) is 7.05 Å². The third kappa shape index (κ3) is 2.20. The van der Waals surface area contributed by atoms with Gasteiger partial charge in [0, 0.05) is 44.8 Å². The van der Waals surface area contributed by atoms with Crippen LogP contribution in [0.15, 0.2) is 28.9 Å². The fourth-order valence-electron chi connectivity index (χ4n) is 4.11. The highest BCUT2D eigenvalue weighted by molar-refractivity contribution is 5.93. The molecule has 6 heteroatoms. The molecule has 122 valence electrons. The van der Waals surface area contributed by atoms with E-state index in [1.165, 1.54) is 0 Å². The maximum Gasteiger partial charge on any atom is 0.270 e. The standard InChI is InChI=1S/C17H22N4O2/c1-12-7-18-15(23-12)13-8-19(2)9-17(13)10-21(11-17)16(22)14-5-4-6-20(14)3/h4-7,13H,8-11H2,1-3H3. The molecule has 1 amide bonds. The summed E-state index contributed by atoms with van der Waals surface area (Å²) in [5.74, 6) is 2.04. The van der Waals surface area contributed by atoms with Crippen LogP contribution in [0.3, 0.4) is 0 Å². The van der Waals surface area contributed by atoms with Gasteiger partial charge in [-0.25, -0.2) is 4.98 Å². The van der Waals surface area contributed by atoms with Gasteiger partial charge in [-0.3, -0.25) is 4.79 Å². The molecule has 0 N–H and O–H groups in total. The first kappa shape index (κ1) is 14.5. The van der Waals surface area contributed by atoms with Crippen LogP contribution in [0.2, 0.25) is 0 Å². The highest BCUT2D eigenvalue weighted by Crippen LogP contribution is 2.48. The van der Waals surface area contributed by atoms with Gasteiger partial charge >= 0.3 is 0 Å². The van der Waals surface area contributed by atoms with E-state index in [9.17, 15) is 4.79 Å². The number of amides is 1. The highest BCUT2D eigenvalue weighted by atomic mass is 16.4. The van der Waals surface area contributed by atoms with Crippen LogP contribution in [0, 0.1) is 12.3 Å². The van der Waals surface area contributed by atoms with Gasteiger partial charge in [-0.05, 0) is 26.1 Å². The largest absolute Gasteiger partial charge is 0.446 e. The number of carbonyl (C=O) groups excluding carboxylic acids is 1. The molecule has 2 aliphatic heterocycles. The molecule has 1 unspecified atom stereocenters. The Morgan fingerprint density at radius 3 is 2.74 bits per heavy atom. The summed E-state index contributed by atoms with van der Waals surface area (Å²) in [5.41, 5.74) is 0.821. The number of hydrogen-bond donors (Lipinski definition) is 0.